The monoisotopic (exact) mass is 593 g/mol. The van der Waals surface area contributed by atoms with Gasteiger partial charge in [-0.3, -0.25) is 0 Å². The number of hydrogen-bond acceptors (Lipinski definition) is 0. The van der Waals surface area contributed by atoms with Crippen LogP contribution in [0, 0.1) is 41.5 Å². The molecule has 0 aliphatic rings. The van der Waals surface area contributed by atoms with Crippen molar-refractivity contribution in [1.29, 1.82) is 0 Å². The third kappa shape index (κ3) is 7.39. The van der Waals surface area contributed by atoms with E-state index in [0.717, 1.165) is 0 Å². The molecular formula is C29H37HfSi. The van der Waals surface area contributed by atoms with Crippen LogP contribution in [0.3, 0.4) is 0 Å². The maximum atomic E-state index is 2.26. The number of unbranched alkanes of at least 4 members (excludes halogenated alkanes) is 2. The molecule has 0 amide bonds. The van der Waals surface area contributed by atoms with Crippen LogP contribution in [-0.2, 0) is 23.0 Å². The van der Waals surface area contributed by atoms with E-state index in [1.165, 1.54) is 109 Å². The summed E-state index contributed by atoms with van der Waals surface area (Å²) < 4.78 is 0. The fraction of sp³-hybridized carbons (Fsp3) is 0.379. The Hall–Kier alpha value is -1.25. The summed E-state index contributed by atoms with van der Waals surface area (Å²) in [6.45, 7) is 15.2. The number of hydrogen-bond donors (Lipinski definition) is 0. The van der Waals surface area contributed by atoms with Crippen molar-refractivity contribution < 1.29 is 23.0 Å². The van der Waals surface area contributed by atoms with Gasteiger partial charge in [-0.25, -0.2) is 0 Å². The first kappa shape index (κ1) is 26.0. The normalized spacial score (nSPS) is 10.5. The van der Waals surface area contributed by atoms with Gasteiger partial charge in [0, 0.05) is 0 Å². The number of fused-ring (bicyclic) bond motifs is 2. The summed E-state index contributed by atoms with van der Waals surface area (Å²) >= 11 is 1.43. The Labute approximate surface area is 205 Å². The number of aryl methyl sites for hydroxylation is 6. The molecule has 0 unspecified atom stereocenters. The zero-order chi connectivity index (χ0) is 23.0. The minimum atomic E-state index is 1.31. The van der Waals surface area contributed by atoms with Gasteiger partial charge in [0.1, 0.15) is 0 Å². The molecule has 0 saturated heterocycles. The van der Waals surface area contributed by atoms with Crippen LogP contribution in [0.2, 0.25) is 6.04 Å². The molecule has 4 aromatic rings. The Bertz CT molecular complexity index is 965. The first-order chi connectivity index (χ1) is 14.8. The van der Waals surface area contributed by atoms with E-state index < -0.39 is 0 Å². The van der Waals surface area contributed by atoms with E-state index in [9.17, 15) is 0 Å². The minimum absolute atomic E-state index is 1.31. The molecule has 0 aromatic heterocycles. The molecule has 1 radical (unpaired) electrons. The molecule has 0 fully saturated rings. The number of benzene rings is 2. The third-order valence-electron chi connectivity index (χ3n) is 5.84. The molecule has 0 N–H and O–H groups in total. The molecule has 0 nitrogen and oxygen atoms in total. The molecule has 31 heavy (non-hydrogen) atoms. The Morgan fingerprint density at radius 2 is 1.10 bits per heavy atom. The predicted octanol–water partition coefficient (Wildman–Crippen LogP) is 8.73. The second kappa shape index (κ2) is 12.7. The molecule has 0 atom stereocenters. The van der Waals surface area contributed by atoms with Crippen molar-refractivity contribution in [3.8, 4) is 0 Å². The van der Waals surface area contributed by atoms with Crippen LogP contribution >= 0.6 is 0 Å². The molecule has 0 aliphatic carbocycles. The van der Waals surface area contributed by atoms with Gasteiger partial charge in [0.2, 0.25) is 0 Å². The minimum Gasteiger partial charge on any atom is -0.165 e. The average molecular weight is 592 g/mol. The topological polar surface area (TPSA) is 0 Å². The van der Waals surface area contributed by atoms with Crippen LogP contribution in [0.1, 0.15) is 59.6 Å². The largest absolute Gasteiger partial charge is 0.165 e. The summed E-state index contributed by atoms with van der Waals surface area (Å²) in [5, 5.41) is 5.64. The van der Waals surface area contributed by atoms with Crippen LogP contribution in [-0.4, -0.2) is 6.22 Å². The van der Waals surface area contributed by atoms with E-state index in [1.807, 2.05) is 0 Å². The van der Waals surface area contributed by atoms with Gasteiger partial charge in [0.15, 0.2) is 0 Å². The van der Waals surface area contributed by atoms with Crippen molar-refractivity contribution in [1.82, 2.24) is 0 Å². The second-order valence-corrected chi connectivity index (χ2v) is 13.4. The van der Waals surface area contributed by atoms with E-state index in [1.54, 1.807) is 0 Å². The van der Waals surface area contributed by atoms with Crippen LogP contribution in [0.15, 0.2) is 48.5 Å². The van der Waals surface area contributed by atoms with Gasteiger partial charge < -0.3 is 0 Å². The molecule has 0 bridgehead atoms. The summed E-state index contributed by atoms with van der Waals surface area (Å²) in [5.41, 5.74) is 8.24. The first-order valence-corrected chi connectivity index (χ1v) is 18.0. The Balaban J connectivity index is 0.000000173. The standard InChI is InChI=1S/2C12H13.C5H11Si.Hf/c2*1-8-6-11-9(2)4-5-10(3)12(11)7-8;1-2-3-4-5-6;/h2*4-7H,1-3H3;2-5H2,1H3;/q2*-1;;+2. The molecule has 0 saturated carbocycles. The Morgan fingerprint density at radius 3 is 1.45 bits per heavy atom. The van der Waals surface area contributed by atoms with Crippen molar-refractivity contribution in [3.05, 3.63) is 81.9 Å². The van der Waals surface area contributed by atoms with Gasteiger partial charge in [-0.05, 0) is 13.8 Å². The predicted molar refractivity (Wildman–Crippen MR) is 138 cm³/mol. The maximum Gasteiger partial charge on any atom is -0.0488 e. The van der Waals surface area contributed by atoms with Gasteiger partial charge in [0.05, 0.1) is 0 Å². The van der Waals surface area contributed by atoms with Crippen molar-refractivity contribution in [2.75, 3.05) is 0 Å². The van der Waals surface area contributed by atoms with Crippen molar-refractivity contribution in [3.63, 3.8) is 0 Å². The summed E-state index contributed by atoms with van der Waals surface area (Å²) in [5.74, 6) is 0. The van der Waals surface area contributed by atoms with Gasteiger partial charge in [-0.2, -0.15) is 12.1 Å². The smallest absolute Gasteiger partial charge is 0.0488 e. The summed E-state index contributed by atoms with van der Waals surface area (Å²) in [6.07, 6.45) is 5.63. The zero-order valence-electron chi connectivity index (χ0n) is 20.4. The fourth-order valence-electron chi connectivity index (χ4n) is 3.93. The molecule has 161 valence electrons. The zero-order valence-corrected chi connectivity index (χ0v) is 25.0. The number of rotatable bonds is 4. The second-order valence-electron chi connectivity index (χ2n) is 8.75. The fourth-order valence-corrected chi connectivity index (χ4v) is 6.26. The van der Waals surface area contributed by atoms with E-state index in [0.29, 0.717) is 0 Å². The van der Waals surface area contributed by atoms with Crippen LogP contribution in [0.5, 0.6) is 0 Å². The summed E-state index contributed by atoms with van der Waals surface area (Å²) in [6, 6.07) is 19.3. The average Bonchev–Trinajstić information content (AvgIpc) is 3.33. The van der Waals surface area contributed by atoms with Crippen LogP contribution in [0.4, 0.5) is 0 Å². The van der Waals surface area contributed by atoms with Gasteiger partial charge in [-0.15, -0.1) is 68.1 Å². The molecule has 2 heteroatoms. The van der Waals surface area contributed by atoms with Crippen LogP contribution < -0.4 is 0 Å². The van der Waals surface area contributed by atoms with E-state index >= 15 is 0 Å². The summed E-state index contributed by atoms with van der Waals surface area (Å²) in [4.78, 5) is 0. The molecular weight excluding hydrogens is 555 g/mol. The molecule has 4 aromatic carbocycles. The quantitative estimate of drug-likeness (QED) is 0.126. The summed E-state index contributed by atoms with van der Waals surface area (Å²) in [7, 11) is 0. The SMILES string of the molecule is CCCCC[Si]=[Hf+2].Cc1cc2c(C)ccc(C)c2[cH-]1.Cc1cc2c(C)ccc(C)c2[cH-]1. The van der Waals surface area contributed by atoms with E-state index in [4.69, 9.17) is 0 Å². The molecule has 4 rings (SSSR count). The molecule has 0 aliphatic heterocycles. The molecule has 0 spiro atoms. The van der Waals surface area contributed by atoms with E-state index in [-0.39, 0.29) is 0 Å². The van der Waals surface area contributed by atoms with E-state index in [2.05, 4.69) is 97.0 Å². The van der Waals surface area contributed by atoms with Gasteiger partial charge in [-0.1, -0.05) is 51.0 Å². The Kier molecular flexibility index (Phi) is 10.7. The third-order valence-corrected chi connectivity index (χ3v) is 9.14. The molecule has 0 heterocycles. The van der Waals surface area contributed by atoms with Crippen molar-refractivity contribution >= 4 is 27.8 Å². The van der Waals surface area contributed by atoms with Crippen LogP contribution in [0.25, 0.3) is 21.5 Å². The van der Waals surface area contributed by atoms with Gasteiger partial charge >= 0.3 is 61.4 Å². The van der Waals surface area contributed by atoms with Gasteiger partial charge in [0.25, 0.3) is 0 Å². The van der Waals surface area contributed by atoms with Crippen molar-refractivity contribution in [2.45, 2.75) is 73.8 Å². The maximum absolute atomic E-state index is 2.26. The Morgan fingerprint density at radius 1 is 0.677 bits per heavy atom. The first-order valence-electron chi connectivity index (χ1n) is 11.4. The van der Waals surface area contributed by atoms with Crippen molar-refractivity contribution in [2.24, 2.45) is 0 Å².